The first-order valence-corrected chi connectivity index (χ1v) is 6.28. The number of nitrogens with zero attached hydrogens (tertiary/aromatic N) is 3. The van der Waals surface area contributed by atoms with E-state index in [2.05, 4.69) is 10.1 Å². The maximum Gasteiger partial charge on any atom is 0.337 e. The van der Waals surface area contributed by atoms with E-state index in [1.165, 1.54) is 18.5 Å². The normalized spacial score (nSPS) is 10.7. The molecule has 6 nitrogen and oxygen atoms in total. The summed E-state index contributed by atoms with van der Waals surface area (Å²) in [4.78, 5) is 26.6. The second kappa shape index (κ2) is 5.16. The number of carboxylic acids is 1. The maximum atomic E-state index is 11.7. The van der Waals surface area contributed by atoms with Crippen LogP contribution in [0.2, 0.25) is 0 Å². The van der Waals surface area contributed by atoms with Gasteiger partial charge in [0.25, 0.3) is 0 Å². The number of aromatic nitrogens is 3. The highest BCUT2D eigenvalue weighted by molar-refractivity contribution is 5.87. The highest BCUT2D eigenvalue weighted by Crippen LogP contribution is 2.10. The number of para-hydroxylation sites is 1. The third kappa shape index (κ3) is 2.51. The number of fused-ring (bicyclic) bond motifs is 1. The van der Waals surface area contributed by atoms with Crippen LogP contribution in [0.3, 0.4) is 0 Å². The maximum absolute atomic E-state index is 11.7. The van der Waals surface area contributed by atoms with Crippen molar-refractivity contribution in [1.29, 1.82) is 0 Å². The van der Waals surface area contributed by atoms with Crippen LogP contribution in [0.25, 0.3) is 10.9 Å². The second-order valence-electron chi connectivity index (χ2n) is 4.53. The molecule has 0 saturated carbocycles. The number of carbonyl (C=O) groups is 1. The van der Waals surface area contributed by atoms with Crippen molar-refractivity contribution >= 4 is 16.9 Å². The highest BCUT2D eigenvalue weighted by atomic mass is 16.4. The number of rotatable bonds is 3. The van der Waals surface area contributed by atoms with Crippen molar-refractivity contribution in [3.05, 3.63) is 70.3 Å². The lowest BCUT2D eigenvalue weighted by Gasteiger charge is -2.08. The monoisotopic (exact) mass is 281 g/mol. The van der Waals surface area contributed by atoms with E-state index in [1.807, 2.05) is 12.1 Å². The Bertz CT molecular complexity index is 869. The predicted octanol–water partition coefficient (Wildman–Crippen LogP) is 1.54. The molecule has 0 aliphatic carbocycles. The summed E-state index contributed by atoms with van der Waals surface area (Å²) in [6, 6.07) is 10.3. The Morgan fingerprint density at radius 3 is 2.67 bits per heavy atom. The minimum atomic E-state index is -1.01. The zero-order valence-corrected chi connectivity index (χ0v) is 10.9. The Morgan fingerprint density at radius 1 is 1.14 bits per heavy atom. The molecular weight excluding hydrogens is 270 g/mol. The van der Waals surface area contributed by atoms with Gasteiger partial charge in [-0.2, -0.15) is 5.10 Å². The fraction of sp³-hybridized carbons (Fsp3) is 0.0667. The summed E-state index contributed by atoms with van der Waals surface area (Å²) < 4.78 is 1.67. The lowest BCUT2D eigenvalue weighted by molar-refractivity contribution is 0.0696. The van der Waals surface area contributed by atoms with Gasteiger partial charge < -0.3 is 5.11 Å². The molecule has 2 heterocycles. The van der Waals surface area contributed by atoms with Crippen LogP contribution in [0.15, 0.2) is 53.6 Å². The highest BCUT2D eigenvalue weighted by Gasteiger charge is 2.06. The SMILES string of the molecule is O=C(O)c1ccc(Cn2ncc(=O)c3ccccc32)nc1. The molecule has 1 N–H and O–H groups in total. The van der Waals surface area contributed by atoms with E-state index in [-0.39, 0.29) is 11.0 Å². The fourth-order valence-corrected chi connectivity index (χ4v) is 2.08. The molecule has 0 fully saturated rings. The van der Waals surface area contributed by atoms with Gasteiger partial charge in [0.1, 0.15) is 0 Å². The van der Waals surface area contributed by atoms with Gasteiger partial charge in [0.05, 0.1) is 29.5 Å². The summed E-state index contributed by atoms with van der Waals surface area (Å²) in [5, 5.41) is 13.5. The summed E-state index contributed by atoms with van der Waals surface area (Å²) in [6.07, 6.45) is 2.58. The predicted molar refractivity (Wildman–Crippen MR) is 76.3 cm³/mol. The van der Waals surface area contributed by atoms with Gasteiger partial charge in [0.15, 0.2) is 0 Å². The van der Waals surface area contributed by atoms with Crippen LogP contribution in [-0.2, 0) is 6.54 Å². The first-order valence-electron chi connectivity index (χ1n) is 6.28. The third-order valence-corrected chi connectivity index (χ3v) is 3.15. The van der Waals surface area contributed by atoms with Crippen molar-refractivity contribution < 1.29 is 9.90 Å². The lowest BCUT2D eigenvalue weighted by atomic mass is 10.2. The second-order valence-corrected chi connectivity index (χ2v) is 4.53. The van der Waals surface area contributed by atoms with Gasteiger partial charge in [-0.3, -0.25) is 14.5 Å². The van der Waals surface area contributed by atoms with Gasteiger partial charge in [-0.1, -0.05) is 12.1 Å². The topological polar surface area (TPSA) is 85.1 Å². The van der Waals surface area contributed by atoms with Crippen molar-refractivity contribution in [2.24, 2.45) is 0 Å². The van der Waals surface area contributed by atoms with Gasteiger partial charge in [-0.05, 0) is 24.3 Å². The molecule has 0 saturated heterocycles. The van der Waals surface area contributed by atoms with E-state index in [0.717, 1.165) is 0 Å². The Morgan fingerprint density at radius 2 is 1.95 bits per heavy atom. The molecule has 0 radical (unpaired) electrons. The molecule has 0 atom stereocenters. The molecule has 0 amide bonds. The number of pyridine rings is 1. The smallest absolute Gasteiger partial charge is 0.337 e. The van der Waals surface area contributed by atoms with Crippen LogP contribution in [0.4, 0.5) is 0 Å². The summed E-state index contributed by atoms with van der Waals surface area (Å²) >= 11 is 0. The van der Waals surface area contributed by atoms with Crippen molar-refractivity contribution in [1.82, 2.24) is 14.8 Å². The molecule has 0 bridgehead atoms. The Balaban J connectivity index is 2.00. The van der Waals surface area contributed by atoms with Gasteiger partial charge >= 0.3 is 5.97 Å². The van der Waals surface area contributed by atoms with E-state index in [9.17, 15) is 9.59 Å². The number of aromatic carboxylic acids is 1. The van der Waals surface area contributed by atoms with Crippen LogP contribution < -0.4 is 5.43 Å². The van der Waals surface area contributed by atoms with Crippen LogP contribution in [0.5, 0.6) is 0 Å². The molecule has 1 aromatic carbocycles. The molecule has 0 spiro atoms. The van der Waals surface area contributed by atoms with E-state index in [4.69, 9.17) is 5.11 Å². The van der Waals surface area contributed by atoms with E-state index in [1.54, 1.807) is 22.9 Å². The van der Waals surface area contributed by atoms with E-state index in [0.29, 0.717) is 23.1 Å². The zero-order valence-electron chi connectivity index (χ0n) is 10.9. The van der Waals surface area contributed by atoms with Crippen molar-refractivity contribution in [3.8, 4) is 0 Å². The molecule has 0 unspecified atom stereocenters. The Labute approximate surface area is 119 Å². The third-order valence-electron chi connectivity index (χ3n) is 3.15. The van der Waals surface area contributed by atoms with Crippen molar-refractivity contribution in [3.63, 3.8) is 0 Å². The van der Waals surface area contributed by atoms with Crippen molar-refractivity contribution in [2.75, 3.05) is 0 Å². The molecule has 6 heteroatoms. The summed E-state index contributed by atoms with van der Waals surface area (Å²) in [5.41, 5.74) is 1.39. The molecule has 104 valence electrons. The minimum absolute atomic E-state index is 0.129. The lowest BCUT2D eigenvalue weighted by Crippen LogP contribution is -2.13. The van der Waals surface area contributed by atoms with E-state index >= 15 is 0 Å². The number of benzene rings is 1. The first-order chi connectivity index (χ1) is 10.1. The quantitative estimate of drug-likeness (QED) is 0.787. The van der Waals surface area contributed by atoms with Gasteiger partial charge in [0, 0.05) is 11.6 Å². The van der Waals surface area contributed by atoms with Crippen LogP contribution in [-0.4, -0.2) is 25.8 Å². The minimum Gasteiger partial charge on any atom is -0.478 e. The average molecular weight is 281 g/mol. The standard InChI is InChI=1S/C15H11N3O3/c19-14-8-17-18(13-4-2-1-3-12(13)14)9-11-6-5-10(7-16-11)15(20)21/h1-8H,9H2,(H,20,21). The summed E-state index contributed by atoms with van der Waals surface area (Å²) in [6.45, 7) is 0.362. The largest absolute Gasteiger partial charge is 0.478 e. The number of hydrogen-bond acceptors (Lipinski definition) is 4. The summed E-state index contributed by atoms with van der Waals surface area (Å²) in [7, 11) is 0. The zero-order chi connectivity index (χ0) is 14.8. The van der Waals surface area contributed by atoms with Gasteiger partial charge in [-0.15, -0.1) is 0 Å². The first kappa shape index (κ1) is 13.0. The Hall–Kier alpha value is -3.02. The van der Waals surface area contributed by atoms with Crippen LogP contribution in [0.1, 0.15) is 16.1 Å². The molecular formula is C15H11N3O3. The summed E-state index contributed by atoms with van der Waals surface area (Å²) in [5.74, 6) is -1.01. The Kier molecular flexibility index (Phi) is 3.19. The van der Waals surface area contributed by atoms with Crippen LogP contribution in [0, 0.1) is 0 Å². The molecule has 3 aromatic rings. The van der Waals surface area contributed by atoms with Gasteiger partial charge in [-0.25, -0.2) is 4.79 Å². The molecule has 21 heavy (non-hydrogen) atoms. The van der Waals surface area contributed by atoms with E-state index < -0.39 is 5.97 Å². The molecule has 0 aliphatic rings. The average Bonchev–Trinajstić information content (AvgIpc) is 2.51. The van der Waals surface area contributed by atoms with Crippen molar-refractivity contribution in [2.45, 2.75) is 6.54 Å². The molecule has 3 rings (SSSR count). The van der Waals surface area contributed by atoms with Crippen LogP contribution >= 0.6 is 0 Å². The number of hydrogen-bond donors (Lipinski definition) is 1. The molecule has 2 aromatic heterocycles. The molecule has 0 aliphatic heterocycles. The fourth-order valence-electron chi connectivity index (χ4n) is 2.08. The number of carboxylic acid groups (broad SMARTS) is 1. The van der Waals surface area contributed by atoms with Gasteiger partial charge in [0.2, 0.25) is 5.43 Å².